The molecule has 10 heavy (non-hydrogen) atoms. The van der Waals surface area contributed by atoms with Crippen LogP contribution < -0.4 is 0 Å². The summed E-state index contributed by atoms with van der Waals surface area (Å²) >= 11 is 0. The maximum Gasteiger partial charge on any atom is 0.348 e. The molecule has 0 atom stereocenters. The third-order valence-corrected chi connectivity index (χ3v) is 0.714. The number of rotatable bonds is 1. The lowest BCUT2D eigenvalue weighted by atomic mass is 11.3. The first-order valence-electron chi connectivity index (χ1n) is 1.92. The maximum absolute atomic E-state index is 9.58. The van der Waals surface area contributed by atoms with Crippen LogP contribution in [0.15, 0.2) is 12.4 Å². The summed E-state index contributed by atoms with van der Waals surface area (Å²) in [7, 11) is -3.88. The molecular weight excluding hydrogens is 151 g/mol. The van der Waals surface area contributed by atoms with Crippen LogP contribution in [0.5, 0.6) is 0 Å². The van der Waals surface area contributed by atoms with Crippen molar-refractivity contribution in [1.82, 2.24) is 0 Å². The lowest BCUT2D eigenvalue weighted by molar-refractivity contribution is 0.386. The highest BCUT2D eigenvalue weighted by Crippen LogP contribution is 2.34. The molecule has 0 aliphatic heterocycles. The fourth-order valence-corrected chi connectivity index (χ4v) is 0. The van der Waals surface area contributed by atoms with Gasteiger partial charge in [-0.2, -0.15) is 0 Å². The molecule has 2 N–H and O–H groups in total. The normalized spacial score (nSPS) is 7.00. The van der Waals surface area contributed by atoms with E-state index in [1.807, 2.05) is 0 Å². The highest BCUT2D eigenvalue weighted by molar-refractivity contribution is 7.55. The minimum Gasteiger partial charge on any atom is -0.321 e. The van der Waals surface area contributed by atoms with E-state index < -0.39 is 7.60 Å². The molecule has 0 aromatic rings. The summed E-state index contributed by atoms with van der Waals surface area (Å²) in [5.74, 6) is 0.604. The molecule has 0 amide bonds. The number of hydrogen-bond donors (Lipinski definition) is 2. The van der Waals surface area contributed by atoms with Gasteiger partial charge in [0, 0.05) is 5.82 Å². The number of hydrogen-bond acceptors (Lipinski definition) is 1. The van der Waals surface area contributed by atoms with Crippen molar-refractivity contribution in [1.29, 1.82) is 0 Å². The van der Waals surface area contributed by atoms with Gasteiger partial charge in [0.05, 0.1) is 0 Å². The van der Waals surface area contributed by atoms with Gasteiger partial charge in [-0.25, -0.2) is 0 Å². The SMILES string of the molecule is C#C.C#C.C=CP(=O)(O)O. The van der Waals surface area contributed by atoms with Gasteiger partial charge in [-0.05, 0) is 0 Å². The van der Waals surface area contributed by atoms with Crippen LogP contribution in [0.3, 0.4) is 0 Å². The van der Waals surface area contributed by atoms with Crippen LogP contribution >= 0.6 is 7.60 Å². The molecule has 0 rings (SSSR count). The Hall–Kier alpha value is -0.990. The van der Waals surface area contributed by atoms with E-state index >= 15 is 0 Å². The second kappa shape index (κ2) is 10.9. The Labute approximate surface area is 60.9 Å². The summed E-state index contributed by atoms with van der Waals surface area (Å²) in [5, 5.41) is 0. The summed E-state index contributed by atoms with van der Waals surface area (Å²) in [6.45, 7) is 2.87. The average molecular weight is 160 g/mol. The van der Waals surface area contributed by atoms with Crippen LogP contribution in [0.1, 0.15) is 0 Å². The lowest BCUT2D eigenvalue weighted by Crippen LogP contribution is -1.63. The van der Waals surface area contributed by atoms with Gasteiger partial charge < -0.3 is 9.79 Å². The van der Waals surface area contributed by atoms with Crippen LogP contribution in [-0.4, -0.2) is 9.79 Å². The fraction of sp³-hybridized carbons (Fsp3) is 0. The molecule has 0 spiro atoms. The number of terminal acetylenes is 2. The van der Waals surface area contributed by atoms with Gasteiger partial charge in [-0.3, -0.25) is 4.57 Å². The average Bonchev–Trinajstić information content (AvgIpc) is 1.95. The Balaban J connectivity index is -0.000000105. The van der Waals surface area contributed by atoms with Crippen molar-refractivity contribution >= 4 is 7.60 Å². The zero-order chi connectivity index (χ0) is 9.21. The van der Waals surface area contributed by atoms with Crippen LogP contribution in [0.2, 0.25) is 0 Å². The van der Waals surface area contributed by atoms with E-state index in [-0.39, 0.29) is 0 Å². The van der Waals surface area contributed by atoms with Crippen molar-refractivity contribution in [2.75, 3.05) is 0 Å². The third kappa shape index (κ3) is 62.7. The van der Waals surface area contributed by atoms with E-state index in [1.54, 1.807) is 0 Å². The minimum absolute atomic E-state index is 0.604. The van der Waals surface area contributed by atoms with Gasteiger partial charge >= 0.3 is 7.60 Å². The molecule has 0 unspecified atom stereocenters. The molecule has 4 heteroatoms. The topological polar surface area (TPSA) is 57.5 Å². The van der Waals surface area contributed by atoms with Crippen LogP contribution in [0.4, 0.5) is 0 Å². The predicted octanol–water partition coefficient (Wildman–Crippen LogP) is 0.806. The van der Waals surface area contributed by atoms with E-state index in [4.69, 9.17) is 9.79 Å². The first kappa shape index (κ1) is 16.0. The Morgan fingerprint density at radius 1 is 1.20 bits per heavy atom. The molecule has 0 saturated carbocycles. The van der Waals surface area contributed by atoms with Crippen LogP contribution in [0.25, 0.3) is 0 Å². The maximum atomic E-state index is 9.58. The molecule has 0 saturated heterocycles. The summed E-state index contributed by atoms with van der Waals surface area (Å²) in [5.41, 5.74) is 0. The third-order valence-electron chi connectivity index (χ3n) is 0.238. The predicted molar refractivity (Wildman–Crippen MR) is 42.0 cm³/mol. The molecule has 0 aromatic heterocycles. The van der Waals surface area contributed by atoms with Gasteiger partial charge in [-0.15, -0.1) is 25.7 Å². The summed E-state index contributed by atoms with van der Waals surface area (Å²) in [6, 6.07) is 0. The second-order valence-corrected chi connectivity index (χ2v) is 2.31. The highest BCUT2D eigenvalue weighted by Gasteiger charge is 2.00. The molecule has 56 valence electrons. The highest BCUT2D eigenvalue weighted by atomic mass is 31.2. The Morgan fingerprint density at radius 3 is 1.30 bits per heavy atom. The van der Waals surface area contributed by atoms with Gasteiger partial charge in [0.15, 0.2) is 0 Å². The first-order chi connectivity index (χ1) is 4.56. The molecule has 0 aromatic carbocycles. The van der Waals surface area contributed by atoms with Crippen LogP contribution in [0, 0.1) is 25.7 Å². The van der Waals surface area contributed by atoms with Crippen molar-refractivity contribution in [2.24, 2.45) is 0 Å². The quantitative estimate of drug-likeness (QED) is 0.440. The zero-order valence-corrected chi connectivity index (χ0v) is 6.24. The van der Waals surface area contributed by atoms with E-state index in [9.17, 15) is 4.57 Å². The van der Waals surface area contributed by atoms with Crippen molar-refractivity contribution < 1.29 is 14.4 Å². The van der Waals surface area contributed by atoms with Gasteiger partial charge in [0.25, 0.3) is 0 Å². The monoisotopic (exact) mass is 160 g/mol. The van der Waals surface area contributed by atoms with E-state index in [1.165, 1.54) is 0 Å². The summed E-state index contributed by atoms with van der Waals surface area (Å²) < 4.78 is 9.58. The summed E-state index contributed by atoms with van der Waals surface area (Å²) in [4.78, 5) is 15.6. The standard InChI is InChI=1S/C2H5O3P.2C2H2/c1-2-6(3,4)5;2*1-2/h2H,1H2,(H2,3,4,5);2*1-2H. The first-order valence-corrected chi connectivity index (χ1v) is 3.60. The van der Waals surface area contributed by atoms with E-state index in [0.29, 0.717) is 5.82 Å². The van der Waals surface area contributed by atoms with Crippen molar-refractivity contribution in [3.05, 3.63) is 12.4 Å². The minimum atomic E-state index is -3.88. The largest absolute Gasteiger partial charge is 0.348 e. The van der Waals surface area contributed by atoms with Gasteiger partial charge in [-0.1, -0.05) is 6.58 Å². The lowest BCUT2D eigenvalue weighted by Gasteiger charge is -1.87. The molecule has 3 nitrogen and oxygen atoms in total. The van der Waals surface area contributed by atoms with Gasteiger partial charge in [0.2, 0.25) is 0 Å². The second-order valence-electron chi connectivity index (χ2n) is 0.772. The Kier molecular flexibility index (Phi) is 17.4. The Bertz CT molecular complexity index is 145. The molecular formula is C6H9O3P. The zero-order valence-electron chi connectivity index (χ0n) is 5.34. The van der Waals surface area contributed by atoms with E-state index in [2.05, 4.69) is 32.3 Å². The molecule has 0 heterocycles. The van der Waals surface area contributed by atoms with Crippen molar-refractivity contribution in [2.45, 2.75) is 0 Å². The molecule has 0 aliphatic carbocycles. The van der Waals surface area contributed by atoms with E-state index in [0.717, 1.165) is 0 Å². The van der Waals surface area contributed by atoms with Crippen LogP contribution in [-0.2, 0) is 4.57 Å². The molecule has 0 radical (unpaired) electrons. The van der Waals surface area contributed by atoms with Crippen molar-refractivity contribution in [3.8, 4) is 25.7 Å². The van der Waals surface area contributed by atoms with Gasteiger partial charge in [0.1, 0.15) is 0 Å². The summed E-state index contributed by atoms with van der Waals surface area (Å²) in [6.07, 6.45) is 16.0. The Morgan fingerprint density at radius 2 is 1.30 bits per heavy atom. The van der Waals surface area contributed by atoms with Crippen molar-refractivity contribution in [3.63, 3.8) is 0 Å². The molecule has 0 bridgehead atoms. The molecule has 0 aliphatic rings. The fourth-order valence-electron chi connectivity index (χ4n) is 0. The molecule has 0 fully saturated rings. The smallest absolute Gasteiger partial charge is 0.321 e.